The van der Waals surface area contributed by atoms with E-state index < -0.39 is 9.84 Å². The first-order valence-electron chi connectivity index (χ1n) is 4.80. The number of isocyanates is 1. The zero-order chi connectivity index (χ0) is 12.0. The van der Waals surface area contributed by atoms with Gasteiger partial charge in [-0.2, -0.15) is 0 Å². The maximum Gasteiger partial charge on any atom is 0.235 e. The molecule has 1 aromatic rings. The first kappa shape index (κ1) is 12.6. The van der Waals surface area contributed by atoms with Crippen molar-refractivity contribution in [2.45, 2.75) is 13.0 Å². The minimum atomic E-state index is -2.92. The lowest BCUT2D eigenvalue weighted by Gasteiger charge is -2.01. The highest BCUT2D eigenvalue weighted by molar-refractivity contribution is 7.90. The number of hydrogen-bond acceptors (Lipinski definition) is 4. The summed E-state index contributed by atoms with van der Waals surface area (Å²) in [6.45, 7) is 0.315. The summed E-state index contributed by atoms with van der Waals surface area (Å²) in [5.74, 6) is 0.152. The van der Waals surface area contributed by atoms with Crippen LogP contribution in [0.1, 0.15) is 11.1 Å². The van der Waals surface area contributed by atoms with Crippen molar-refractivity contribution in [2.24, 2.45) is 4.99 Å². The Labute approximate surface area is 94.9 Å². The van der Waals surface area contributed by atoms with E-state index in [-0.39, 0.29) is 5.75 Å². The van der Waals surface area contributed by atoms with Gasteiger partial charge in [-0.25, -0.2) is 18.2 Å². The summed E-state index contributed by atoms with van der Waals surface area (Å²) in [7, 11) is -2.92. The third-order valence-corrected chi connectivity index (χ3v) is 3.06. The molecule has 86 valence electrons. The Morgan fingerprint density at radius 1 is 1.19 bits per heavy atom. The summed E-state index contributed by atoms with van der Waals surface area (Å²) in [6, 6.07) is 7.36. The molecule has 0 saturated heterocycles. The van der Waals surface area contributed by atoms with Crippen molar-refractivity contribution in [3.8, 4) is 0 Å². The highest BCUT2D eigenvalue weighted by Gasteiger charge is 2.02. The number of benzene rings is 1. The van der Waals surface area contributed by atoms with Crippen LogP contribution in [0.25, 0.3) is 0 Å². The van der Waals surface area contributed by atoms with E-state index in [1.165, 1.54) is 12.3 Å². The molecular weight excluding hydrogens is 226 g/mol. The van der Waals surface area contributed by atoms with Crippen molar-refractivity contribution < 1.29 is 13.2 Å². The Kier molecular flexibility index (Phi) is 4.40. The van der Waals surface area contributed by atoms with Crippen LogP contribution in [-0.2, 0) is 27.6 Å². The minimum absolute atomic E-state index is 0.152. The number of nitrogens with zero attached hydrogens (tertiary/aromatic N) is 1. The van der Waals surface area contributed by atoms with Crippen LogP contribution in [0.4, 0.5) is 0 Å². The fraction of sp³-hybridized carbons (Fsp3) is 0.364. The number of aliphatic imine (C=N–C) groups is 1. The third kappa shape index (κ3) is 4.87. The van der Waals surface area contributed by atoms with E-state index in [1.807, 2.05) is 24.3 Å². The Hall–Kier alpha value is -1.45. The van der Waals surface area contributed by atoms with Crippen LogP contribution in [-0.4, -0.2) is 26.5 Å². The Morgan fingerprint density at radius 2 is 1.75 bits per heavy atom. The number of carbonyl (C=O) groups excluding carboxylic acids is 1. The highest BCUT2D eigenvalue weighted by atomic mass is 32.2. The molecule has 1 rings (SSSR count). The van der Waals surface area contributed by atoms with Crippen LogP contribution in [0.3, 0.4) is 0 Å². The van der Waals surface area contributed by atoms with Gasteiger partial charge in [-0.1, -0.05) is 24.3 Å². The van der Waals surface area contributed by atoms with Crippen LogP contribution in [0, 0.1) is 0 Å². The van der Waals surface area contributed by atoms with Crippen molar-refractivity contribution >= 4 is 15.9 Å². The Bertz CT molecular complexity index is 484. The van der Waals surface area contributed by atoms with Gasteiger partial charge in [0.05, 0.1) is 12.3 Å². The number of sulfone groups is 1. The molecule has 0 amide bonds. The van der Waals surface area contributed by atoms with Crippen molar-refractivity contribution in [3.05, 3.63) is 35.4 Å². The van der Waals surface area contributed by atoms with E-state index in [0.717, 1.165) is 11.1 Å². The molecule has 0 spiro atoms. The molecule has 0 atom stereocenters. The molecule has 1 aromatic carbocycles. The number of rotatable bonds is 5. The van der Waals surface area contributed by atoms with E-state index in [1.54, 1.807) is 0 Å². The molecule has 0 aliphatic rings. The van der Waals surface area contributed by atoms with Gasteiger partial charge in [-0.3, -0.25) is 0 Å². The van der Waals surface area contributed by atoms with Gasteiger partial charge in [-0.05, 0) is 17.5 Å². The lowest BCUT2D eigenvalue weighted by Crippen LogP contribution is -2.05. The molecule has 0 aromatic heterocycles. The summed E-state index contributed by atoms with van der Waals surface area (Å²) >= 11 is 0. The van der Waals surface area contributed by atoms with Gasteiger partial charge >= 0.3 is 0 Å². The molecule has 5 heteroatoms. The first-order valence-corrected chi connectivity index (χ1v) is 6.86. The van der Waals surface area contributed by atoms with E-state index >= 15 is 0 Å². The quantitative estimate of drug-likeness (QED) is 0.571. The van der Waals surface area contributed by atoms with Crippen LogP contribution < -0.4 is 0 Å². The van der Waals surface area contributed by atoms with Crippen LogP contribution >= 0.6 is 0 Å². The van der Waals surface area contributed by atoms with Crippen molar-refractivity contribution in [3.63, 3.8) is 0 Å². The average Bonchev–Trinajstić information content (AvgIpc) is 2.24. The zero-order valence-corrected chi connectivity index (χ0v) is 9.83. The molecule has 0 radical (unpaired) electrons. The fourth-order valence-corrected chi connectivity index (χ4v) is 1.84. The van der Waals surface area contributed by atoms with Gasteiger partial charge < -0.3 is 0 Å². The second-order valence-electron chi connectivity index (χ2n) is 3.60. The summed E-state index contributed by atoms with van der Waals surface area (Å²) in [4.78, 5) is 13.4. The summed E-state index contributed by atoms with van der Waals surface area (Å²) in [5, 5.41) is 0. The van der Waals surface area contributed by atoms with E-state index in [9.17, 15) is 13.2 Å². The maximum absolute atomic E-state index is 11.0. The molecule has 16 heavy (non-hydrogen) atoms. The Balaban J connectivity index is 2.61. The largest absolute Gasteiger partial charge is 0.235 e. The molecule has 0 heterocycles. The standard InChI is InChI=1S/C11H13NO3S/c1-16(14,15)7-6-10-2-4-11(5-3-10)8-12-9-13/h2-5H,6-8H2,1H3. The normalized spacial score (nSPS) is 10.8. The summed E-state index contributed by atoms with van der Waals surface area (Å²) < 4.78 is 21.9. The van der Waals surface area contributed by atoms with E-state index in [2.05, 4.69) is 4.99 Å². The highest BCUT2D eigenvalue weighted by Crippen LogP contribution is 2.07. The van der Waals surface area contributed by atoms with Crippen molar-refractivity contribution in [2.75, 3.05) is 12.0 Å². The predicted molar refractivity (Wildman–Crippen MR) is 61.7 cm³/mol. The van der Waals surface area contributed by atoms with Crippen molar-refractivity contribution in [1.29, 1.82) is 0 Å². The number of hydrogen-bond donors (Lipinski definition) is 0. The first-order chi connectivity index (χ1) is 7.51. The molecule has 0 bridgehead atoms. The summed E-state index contributed by atoms with van der Waals surface area (Å²) in [6.07, 6.45) is 3.20. The molecular formula is C11H13NO3S. The molecule has 0 N–H and O–H groups in total. The average molecular weight is 239 g/mol. The van der Waals surface area contributed by atoms with Gasteiger partial charge in [0.25, 0.3) is 0 Å². The maximum atomic E-state index is 11.0. The molecule has 0 aliphatic heterocycles. The minimum Gasteiger partial charge on any atom is -0.229 e. The zero-order valence-electron chi connectivity index (χ0n) is 9.01. The van der Waals surface area contributed by atoms with Crippen LogP contribution in [0.2, 0.25) is 0 Å². The topological polar surface area (TPSA) is 63.6 Å². The number of aryl methyl sites for hydroxylation is 1. The molecule has 4 nitrogen and oxygen atoms in total. The summed E-state index contributed by atoms with van der Waals surface area (Å²) in [5.41, 5.74) is 1.87. The smallest absolute Gasteiger partial charge is 0.229 e. The van der Waals surface area contributed by atoms with Gasteiger partial charge in [0.2, 0.25) is 6.08 Å². The van der Waals surface area contributed by atoms with Crippen LogP contribution in [0.5, 0.6) is 0 Å². The van der Waals surface area contributed by atoms with Gasteiger partial charge in [-0.15, -0.1) is 0 Å². The molecule has 0 unspecified atom stereocenters. The molecule has 0 fully saturated rings. The van der Waals surface area contributed by atoms with Gasteiger partial charge in [0.1, 0.15) is 9.84 Å². The molecule has 0 saturated carbocycles. The lowest BCUT2D eigenvalue weighted by molar-refractivity contribution is 0.562. The lowest BCUT2D eigenvalue weighted by atomic mass is 10.1. The van der Waals surface area contributed by atoms with Gasteiger partial charge in [0, 0.05) is 6.26 Å². The monoisotopic (exact) mass is 239 g/mol. The predicted octanol–water partition coefficient (Wildman–Crippen LogP) is 1.11. The second kappa shape index (κ2) is 5.58. The third-order valence-electron chi connectivity index (χ3n) is 2.11. The fourth-order valence-electron chi connectivity index (χ4n) is 1.24. The van der Waals surface area contributed by atoms with Crippen molar-refractivity contribution in [1.82, 2.24) is 0 Å². The van der Waals surface area contributed by atoms with Crippen LogP contribution in [0.15, 0.2) is 29.3 Å². The van der Waals surface area contributed by atoms with E-state index in [4.69, 9.17) is 0 Å². The molecule has 0 aliphatic carbocycles. The van der Waals surface area contributed by atoms with E-state index in [0.29, 0.717) is 13.0 Å². The Morgan fingerprint density at radius 3 is 2.25 bits per heavy atom. The second-order valence-corrected chi connectivity index (χ2v) is 5.86. The SMILES string of the molecule is CS(=O)(=O)CCc1ccc(CN=C=O)cc1. The van der Waals surface area contributed by atoms with Gasteiger partial charge in [0.15, 0.2) is 0 Å².